The van der Waals surface area contributed by atoms with Crippen molar-refractivity contribution in [3.63, 3.8) is 0 Å². The lowest BCUT2D eigenvalue weighted by Gasteiger charge is -2.09. The van der Waals surface area contributed by atoms with E-state index in [1.54, 1.807) is 36.4 Å². The molecule has 0 unspecified atom stereocenters. The Bertz CT molecular complexity index is 846. The van der Waals surface area contributed by atoms with Crippen LogP contribution in [0.3, 0.4) is 0 Å². The molecule has 0 saturated heterocycles. The molecule has 22 heavy (non-hydrogen) atoms. The van der Waals surface area contributed by atoms with E-state index >= 15 is 0 Å². The normalized spacial score (nSPS) is 10.5. The van der Waals surface area contributed by atoms with Gasteiger partial charge in [0.2, 0.25) is 0 Å². The number of hydrogen-bond donors (Lipinski definition) is 0. The summed E-state index contributed by atoms with van der Waals surface area (Å²) in [5, 5.41) is 4.65. The molecular weight excluding hydrogens is 323 g/mol. The maximum absolute atomic E-state index is 12.3. The van der Waals surface area contributed by atoms with Gasteiger partial charge in [-0.05, 0) is 36.4 Å². The summed E-state index contributed by atoms with van der Waals surface area (Å²) in [5.74, 6) is 0.714. The molecule has 6 heteroatoms. The first kappa shape index (κ1) is 14.6. The minimum Gasteiger partial charge on any atom is -0.454 e. The number of para-hydroxylation sites is 1. The highest BCUT2D eigenvalue weighted by Crippen LogP contribution is 2.26. The van der Waals surface area contributed by atoms with Crippen LogP contribution in [0.2, 0.25) is 10.0 Å². The zero-order valence-corrected chi connectivity index (χ0v) is 12.8. The highest BCUT2D eigenvalue weighted by Gasteiger charge is 2.12. The van der Waals surface area contributed by atoms with E-state index in [4.69, 9.17) is 27.9 Å². The minimum atomic E-state index is -0.445. The van der Waals surface area contributed by atoms with Gasteiger partial charge in [0.15, 0.2) is 10.8 Å². The van der Waals surface area contributed by atoms with Crippen molar-refractivity contribution in [2.75, 3.05) is 0 Å². The molecule has 0 atom stereocenters. The van der Waals surface area contributed by atoms with Crippen LogP contribution in [0.15, 0.2) is 65.6 Å². The number of hydrogen-bond acceptors (Lipinski definition) is 3. The van der Waals surface area contributed by atoms with Crippen LogP contribution < -0.4 is 10.3 Å². The van der Waals surface area contributed by atoms with Gasteiger partial charge in [0, 0.05) is 5.02 Å². The van der Waals surface area contributed by atoms with Gasteiger partial charge in [-0.1, -0.05) is 41.4 Å². The van der Waals surface area contributed by atoms with Gasteiger partial charge in [0.1, 0.15) is 5.75 Å². The first-order valence-electron chi connectivity index (χ1n) is 6.42. The summed E-state index contributed by atoms with van der Waals surface area (Å²) in [6, 6.07) is 15.8. The molecule has 0 bridgehead atoms. The molecule has 1 heterocycles. The van der Waals surface area contributed by atoms with Crippen molar-refractivity contribution in [1.82, 2.24) is 9.78 Å². The summed E-state index contributed by atoms with van der Waals surface area (Å²) < 4.78 is 6.79. The van der Waals surface area contributed by atoms with Gasteiger partial charge in [-0.3, -0.25) is 4.79 Å². The number of nitrogens with zero attached hydrogens (tertiary/aromatic N) is 2. The zero-order valence-electron chi connectivity index (χ0n) is 11.2. The summed E-state index contributed by atoms with van der Waals surface area (Å²) >= 11 is 11.9. The lowest BCUT2D eigenvalue weighted by Crippen LogP contribution is -2.21. The van der Waals surface area contributed by atoms with Gasteiger partial charge in [0.25, 0.3) is 5.56 Å². The summed E-state index contributed by atoms with van der Waals surface area (Å²) in [6.45, 7) is 0. The molecule has 1 aromatic heterocycles. The van der Waals surface area contributed by atoms with Crippen LogP contribution >= 0.6 is 23.2 Å². The summed E-state index contributed by atoms with van der Waals surface area (Å²) in [6.07, 6.45) is 1.41. The predicted octanol–water partition coefficient (Wildman–Crippen LogP) is 4.33. The molecule has 0 aliphatic rings. The van der Waals surface area contributed by atoms with Crippen LogP contribution in [0.5, 0.6) is 11.5 Å². The second-order valence-electron chi connectivity index (χ2n) is 4.43. The Hall–Kier alpha value is -2.30. The molecule has 0 radical (unpaired) electrons. The second kappa shape index (κ2) is 6.22. The standard InChI is InChI=1S/C16H10Cl2N2O2/c17-11-6-8-13(9-7-11)22-14-10-19-20(16(21)15(14)18)12-4-2-1-3-5-12/h1-10H. The summed E-state index contributed by atoms with van der Waals surface area (Å²) in [4.78, 5) is 12.3. The Labute approximate surface area is 136 Å². The molecule has 0 N–H and O–H groups in total. The van der Waals surface area contributed by atoms with Gasteiger partial charge in [-0.25, -0.2) is 0 Å². The van der Waals surface area contributed by atoms with Crippen molar-refractivity contribution in [3.05, 3.63) is 81.2 Å². The van der Waals surface area contributed by atoms with E-state index in [-0.39, 0.29) is 10.8 Å². The highest BCUT2D eigenvalue weighted by atomic mass is 35.5. The number of halogens is 2. The van der Waals surface area contributed by atoms with Gasteiger partial charge >= 0.3 is 0 Å². The highest BCUT2D eigenvalue weighted by molar-refractivity contribution is 6.31. The Morgan fingerprint density at radius 3 is 2.32 bits per heavy atom. The first-order chi connectivity index (χ1) is 10.6. The van der Waals surface area contributed by atoms with Crippen LogP contribution in [0.25, 0.3) is 5.69 Å². The average Bonchev–Trinajstić information content (AvgIpc) is 2.55. The molecule has 3 rings (SSSR count). The quantitative estimate of drug-likeness (QED) is 0.716. The Morgan fingerprint density at radius 2 is 1.64 bits per heavy atom. The Balaban J connectivity index is 1.96. The maximum atomic E-state index is 12.3. The number of ether oxygens (including phenoxy) is 1. The Morgan fingerprint density at radius 1 is 0.955 bits per heavy atom. The van der Waals surface area contributed by atoms with E-state index in [1.165, 1.54) is 10.9 Å². The van der Waals surface area contributed by atoms with Crippen LogP contribution in [0.4, 0.5) is 0 Å². The number of benzene rings is 2. The first-order valence-corrected chi connectivity index (χ1v) is 7.17. The molecule has 0 fully saturated rings. The topological polar surface area (TPSA) is 44.1 Å². The monoisotopic (exact) mass is 332 g/mol. The van der Waals surface area contributed by atoms with E-state index < -0.39 is 5.56 Å². The lowest BCUT2D eigenvalue weighted by atomic mass is 10.3. The van der Waals surface area contributed by atoms with Gasteiger partial charge in [-0.15, -0.1) is 0 Å². The van der Waals surface area contributed by atoms with Crippen LogP contribution in [-0.2, 0) is 0 Å². The smallest absolute Gasteiger partial charge is 0.294 e. The van der Waals surface area contributed by atoms with Crippen molar-refractivity contribution in [2.45, 2.75) is 0 Å². The fourth-order valence-electron chi connectivity index (χ4n) is 1.87. The van der Waals surface area contributed by atoms with E-state index in [9.17, 15) is 4.79 Å². The van der Waals surface area contributed by atoms with Crippen molar-refractivity contribution < 1.29 is 4.74 Å². The lowest BCUT2D eigenvalue weighted by molar-refractivity contribution is 0.475. The van der Waals surface area contributed by atoms with E-state index in [0.717, 1.165) is 0 Å². The molecule has 0 amide bonds. The average molecular weight is 333 g/mol. The molecule has 0 aliphatic heterocycles. The van der Waals surface area contributed by atoms with E-state index in [1.807, 2.05) is 18.2 Å². The second-order valence-corrected chi connectivity index (χ2v) is 5.25. The van der Waals surface area contributed by atoms with Gasteiger partial charge < -0.3 is 4.74 Å². The van der Waals surface area contributed by atoms with Gasteiger partial charge in [-0.2, -0.15) is 9.78 Å². The molecular formula is C16H10Cl2N2O2. The fraction of sp³-hybridized carbons (Fsp3) is 0. The third-order valence-corrected chi connectivity index (χ3v) is 3.53. The Kier molecular flexibility index (Phi) is 4.13. The largest absolute Gasteiger partial charge is 0.454 e. The van der Waals surface area contributed by atoms with Crippen LogP contribution in [-0.4, -0.2) is 9.78 Å². The van der Waals surface area contributed by atoms with Gasteiger partial charge in [0.05, 0.1) is 11.9 Å². The van der Waals surface area contributed by atoms with E-state index in [0.29, 0.717) is 16.5 Å². The molecule has 2 aromatic carbocycles. The fourth-order valence-corrected chi connectivity index (χ4v) is 2.16. The molecule has 110 valence electrons. The maximum Gasteiger partial charge on any atom is 0.294 e. The molecule has 0 spiro atoms. The molecule has 4 nitrogen and oxygen atoms in total. The van der Waals surface area contributed by atoms with Crippen molar-refractivity contribution >= 4 is 23.2 Å². The number of rotatable bonds is 3. The van der Waals surface area contributed by atoms with E-state index in [2.05, 4.69) is 5.10 Å². The predicted molar refractivity (Wildman–Crippen MR) is 86.4 cm³/mol. The third kappa shape index (κ3) is 2.98. The van der Waals surface area contributed by atoms with Crippen molar-refractivity contribution in [3.8, 4) is 17.2 Å². The van der Waals surface area contributed by atoms with Crippen molar-refractivity contribution in [2.24, 2.45) is 0 Å². The number of aromatic nitrogens is 2. The summed E-state index contributed by atoms with van der Waals surface area (Å²) in [5.41, 5.74) is 0.187. The van der Waals surface area contributed by atoms with Crippen LogP contribution in [0.1, 0.15) is 0 Å². The third-order valence-electron chi connectivity index (χ3n) is 2.93. The van der Waals surface area contributed by atoms with Crippen LogP contribution in [0, 0.1) is 0 Å². The zero-order chi connectivity index (χ0) is 15.5. The molecule has 0 saturated carbocycles. The van der Waals surface area contributed by atoms with Crippen molar-refractivity contribution in [1.29, 1.82) is 0 Å². The molecule has 3 aromatic rings. The summed E-state index contributed by atoms with van der Waals surface area (Å²) in [7, 11) is 0. The SMILES string of the molecule is O=c1c(Cl)c(Oc2ccc(Cl)cc2)cnn1-c1ccccc1. The minimum absolute atomic E-state index is 0.0335. The molecule has 0 aliphatic carbocycles.